The first-order valence-electron chi connectivity index (χ1n) is 14.4. The quantitative estimate of drug-likeness (QED) is 0.305. The van der Waals surface area contributed by atoms with E-state index >= 15 is 0 Å². The van der Waals surface area contributed by atoms with Crippen molar-refractivity contribution in [2.75, 3.05) is 13.2 Å². The van der Waals surface area contributed by atoms with Crippen molar-refractivity contribution in [3.05, 3.63) is 96.6 Å². The lowest BCUT2D eigenvalue weighted by Gasteiger charge is -2.49. The number of benzene rings is 3. The van der Waals surface area contributed by atoms with E-state index in [2.05, 4.69) is 100 Å². The average molecular weight is 563 g/mol. The van der Waals surface area contributed by atoms with Gasteiger partial charge in [0.15, 0.2) is 5.79 Å². The van der Waals surface area contributed by atoms with Crippen molar-refractivity contribution in [2.24, 2.45) is 5.92 Å². The molecule has 1 aliphatic heterocycles. The molecule has 3 aromatic rings. The highest BCUT2D eigenvalue weighted by Gasteiger charge is 2.52. The minimum atomic E-state index is -2.78. The second kappa shape index (κ2) is 13.1. The van der Waals surface area contributed by atoms with Gasteiger partial charge in [-0.1, -0.05) is 119 Å². The molecule has 0 unspecified atom stereocenters. The van der Waals surface area contributed by atoms with E-state index < -0.39 is 14.1 Å². The molecule has 216 valence electrons. The van der Waals surface area contributed by atoms with Crippen molar-refractivity contribution in [1.29, 1.82) is 0 Å². The SMILES string of the molecule is C[C@H](CCO)[C@H]1OC(C)(C)O[C@@H](CO[Si](c2ccccc2)(c2ccccc2)C(C)(C)C)[C@@H]1OCc1ccccc1. The average Bonchev–Trinajstić information content (AvgIpc) is 2.93. The summed E-state index contributed by atoms with van der Waals surface area (Å²) in [5.41, 5.74) is 1.09. The van der Waals surface area contributed by atoms with E-state index in [1.807, 2.05) is 32.0 Å². The zero-order valence-electron chi connectivity index (χ0n) is 24.9. The molecular weight excluding hydrogens is 516 g/mol. The van der Waals surface area contributed by atoms with E-state index in [1.54, 1.807) is 0 Å². The summed E-state index contributed by atoms with van der Waals surface area (Å²) in [6.07, 6.45) is -0.366. The molecular formula is C34H46O5Si. The van der Waals surface area contributed by atoms with E-state index in [-0.39, 0.29) is 35.9 Å². The standard InChI is InChI=1S/C34H46O5Si/c1-26(22-23-35)31-32(36-24-27-16-10-7-11-17-27)30(38-34(5,6)39-31)25-37-40(33(2,3)4,28-18-12-8-13-19-28)29-20-14-9-15-21-29/h7-21,26,30-32,35H,22-25H2,1-6H3/t26-,30+,31-,32+/m1/s1. The Labute approximate surface area is 241 Å². The molecule has 0 saturated carbocycles. The van der Waals surface area contributed by atoms with Crippen LogP contribution in [0.15, 0.2) is 91.0 Å². The number of ether oxygens (including phenoxy) is 3. The van der Waals surface area contributed by atoms with Crippen LogP contribution in [0.25, 0.3) is 0 Å². The summed E-state index contributed by atoms with van der Waals surface area (Å²) >= 11 is 0. The summed E-state index contributed by atoms with van der Waals surface area (Å²) in [4.78, 5) is 0. The van der Waals surface area contributed by atoms with Crippen LogP contribution in [0.5, 0.6) is 0 Å². The van der Waals surface area contributed by atoms with Gasteiger partial charge in [0, 0.05) is 6.61 Å². The summed E-state index contributed by atoms with van der Waals surface area (Å²) in [5, 5.41) is 12.1. The molecule has 3 aromatic carbocycles. The van der Waals surface area contributed by atoms with Crippen molar-refractivity contribution in [2.45, 2.75) is 83.7 Å². The number of rotatable bonds is 11. The molecule has 5 nitrogen and oxygen atoms in total. The molecule has 1 heterocycles. The fourth-order valence-corrected chi connectivity index (χ4v) is 10.5. The second-order valence-corrected chi connectivity index (χ2v) is 16.7. The Balaban J connectivity index is 1.72. The van der Waals surface area contributed by atoms with Gasteiger partial charge in [0.05, 0.1) is 19.3 Å². The fourth-order valence-electron chi connectivity index (χ4n) is 5.94. The Morgan fingerprint density at radius 2 is 1.38 bits per heavy atom. The van der Waals surface area contributed by atoms with Gasteiger partial charge in [-0.3, -0.25) is 0 Å². The van der Waals surface area contributed by atoms with E-state index in [4.69, 9.17) is 18.6 Å². The summed E-state index contributed by atoms with van der Waals surface area (Å²) in [5.74, 6) is -0.746. The highest BCUT2D eigenvalue weighted by atomic mass is 28.4. The highest BCUT2D eigenvalue weighted by Crippen LogP contribution is 2.39. The molecule has 0 spiro atoms. The second-order valence-electron chi connectivity index (χ2n) is 12.4. The minimum absolute atomic E-state index is 0.0734. The summed E-state index contributed by atoms with van der Waals surface area (Å²) in [7, 11) is -2.78. The molecule has 0 bridgehead atoms. The van der Waals surface area contributed by atoms with Crippen molar-refractivity contribution >= 4 is 18.7 Å². The molecule has 0 amide bonds. The first kappa shape index (κ1) is 30.6. The maximum absolute atomic E-state index is 9.76. The van der Waals surface area contributed by atoms with Gasteiger partial charge in [0.2, 0.25) is 0 Å². The van der Waals surface area contributed by atoms with Crippen LogP contribution in [0.1, 0.15) is 53.5 Å². The maximum atomic E-state index is 9.76. The van der Waals surface area contributed by atoms with Crippen LogP contribution >= 0.6 is 0 Å². The number of hydrogen-bond acceptors (Lipinski definition) is 5. The molecule has 6 heteroatoms. The van der Waals surface area contributed by atoms with Gasteiger partial charge >= 0.3 is 0 Å². The van der Waals surface area contributed by atoms with Crippen LogP contribution in [0.3, 0.4) is 0 Å². The first-order valence-corrected chi connectivity index (χ1v) is 16.4. The van der Waals surface area contributed by atoms with Crippen LogP contribution in [0.2, 0.25) is 5.04 Å². The Morgan fingerprint density at radius 3 is 1.88 bits per heavy atom. The molecule has 1 saturated heterocycles. The first-order chi connectivity index (χ1) is 19.1. The van der Waals surface area contributed by atoms with E-state index in [0.29, 0.717) is 19.6 Å². The van der Waals surface area contributed by atoms with Crippen molar-refractivity contribution in [3.8, 4) is 0 Å². The number of aliphatic hydroxyl groups excluding tert-OH is 1. The number of hydrogen-bond donors (Lipinski definition) is 1. The van der Waals surface area contributed by atoms with Gasteiger partial charge < -0.3 is 23.7 Å². The molecule has 0 aromatic heterocycles. The van der Waals surface area contributed by atoms with E-state index in [9.17, 15) is 5.11 Å². The third-order valence-corrected chi connectivity index (χ3v) is 12.9. The van der Waals surface area contributed by atoms with Gasteiger partial charge in [-0.25, -0.2) is 0 Å². The molecule has 1 fully saturated rings. The zero-order valence-corrected chi connectivity index (χ0v) is 25.9. The van der Waals surface area contributed by atoms with Gasteiger partial charge in [-0.05, 0) is 47.2 Å². The third kappa shape index (κ3) is 6.93. The molecule has 40 heavy (non-hydrogen) atoms. The molecule has 1 aliphatic rings. The van der Waals surface area contributed by atoms with Crippen LogP contribution in [0, 0.1) is 5.92 Å². The summed E-state index contributed by atoms with van der Waals surface area (Å²) < 4.78 is 27.0. The van der Waals surface area contributed by atoms with E-state index in [1.165, 1.54) is 10.4 Å². The van der Waals surface area contributed by atoms with Crippen molar-refractivity contribution < 1.29 is 23.7 Å². The zero-order chi connectivity index (χ0) is 28.8. The summed E-state index contributed by atoms with van der Waals surface area (Å²) in [6, 6.07) is 31.5. The molecule has 0 aliphatic carbocycles. The predicted molar refractivity (Wildman–Crippen MR) is 163 cm³/mol. The normalized spacial score (nSPS) is 22.1. The van der Waals surface area contributed by atoms with Crippen LogP contribution in [0.4, 0.5) is 0 Å². The van der Waals surface area contributed by atoms with Crippen molar-refractivity contribution in [3.63, 3.8) is 0 Å². The fraction of sp³-hybridized carbons (Fsp3) is 0.471. The molecule has 4 atom stereocenters. The lowest BCUT2D eigenvalue weighted by atomic mass is 9.92. The molecule has 0 radical (unpaired) electrons. The topological polar surface area (TPSA) is 57.2 Å². The largest absolute Gasteiger partial charge is 0.405 e. The number of aliphatic hydroxyl groups is 1. The van der Waals surface area contributed by atoms with Crippen LogP contribution < -0.4 is 10.4 Å². The Bertz CT molecular complexity index is 1120. The monoisotopic (exact) mass is 562 g/mol. The third-order valence-electron chi connectivity index (χ3n) is 7.86. The van der Waals surface area contributed by atoms with Crippen LogP contribution in [-0.2, 0) is 25.2 Å². The van der Waals surface area contributed by atoms with Crippen LogP contribution in [-0.4, -0.2) is 50.7 Å². The predicted octanol–water partition coefficient (Wildman–Crippen LogP) is 5.69. The Morgan fingerprint density at radius 1 is 0.850 bits per heavy atom. The Hall–Kier alpha value is -2.32. The van der Waals surface area contributed by atoms with Gasteiger partial charge in [0.25, 0.3) is 8.32 Å². The Kier molecular flexibility index (Phi) is 10.0. The summed E-state index contributed by atoms with van der Waals surface area (Å²) in [6.45, 7) is 13.8. The van der Waals surface area contributed by atoms with Gasteiger partial charge in [-0.2, -0.15) is 0 Å². The van der Waals surface area contributed by atoms with Crippen molar-refractivity contribution in [1.82, 2.24) is 0 Å². The highest BCUT2D eigenvalue weighted by molar-refractivity contribution is 6.99. The smallest absolute Gasteiger partial charge is 0.261 e. The molecule has 1 N–H and O–H groups in total. The lowest BCUT2D eigenvalue weighted by molar-refractivity contribution is -0.350. The maximum Gasteiger partial charge on any atom is 0.261 e. The molecule has 4 rings (SSSR count). The van der Waals surface area contributed by atoms with E-state index in [0.717, 1.165) is 5.56 Å². The lowest BCUT2D eigenvalue weighted by Crippen LogP contribution is -2.68. The van der Waals surface area contributed by atoms with Gasteiger partial charge in [0.1, 0.15) is 12.2 Å². The minimum Gasteiger partial charge on any atom is -0.405 e. The van der Waals surface area contributed by atoms with Gasteiger partial charge in [-0.15, -0.1) is 0 Å².